The number of fused-ring (bicyclic) bond motifs is 5. The molecule has 4 fully saturated rings. The number of hydrogen-bond donors (Lipinski definition) is 1. The van der Waals surface area contributed by atoms with Crippen molar-refractivity contribution in [3.05, 3.63) is 0 Å². The highest BCUT2D eigenvalue weighted by atomic mass is 16.5. The number of ether oxygens (including phenoxy) is 1. The summed E-state index contributed by atoms with van der Waals surface area (Å²) in [6.45, 7) is 9.88. The van der Waals surface area contributed by atoms with Gasteiger partial charge in [-0.3, -0.25) is 4.79 Å². The Bertz CT molecular complexity index is 617. The molecule has 3 heteroatoms. The normalized spacial score (nSPS) is 50.2. The molecule has 166 valence electrons. The summed E-state index contributed by atoms with van der Waals surface area (Å²) in [6, 6.07) is 0. The molecule has 0 aromatic heterocycles. The van der Waals surface area contributed by atoms with Gasteiger partial charge in [0.05, 0.1) is 13.2 Å². The van der Waals surface area contributed by atoms with E-state index in [-0.39, 0.29) is 12.1 Å². The second-order valence-electron chi connectivity index (χ2n) is 12.0. The Labute approximate surface area is 178 Å². The number of carbonyl (C=O) groups is 1. The highest BCUT2D eigenvalue weighted by Gasteiger charge is 2.62. The smallest absolute Gasteiger partial charge is 0.305 e. The van der Waals surface area contributed by atoms with Gasteiger partial charge in [0.15, 0.2) is 0 Å². The fourth-order valence-electron chi connectivity index (χ4n) is 9.06. The summed E-state index contributed by atoms with van der Waals surface area (Å²) in [6.07, 6.45) is 11.7. The number of hydrogen-bond acceptors (Lipinski definition) is 3. The minimum atomic E-state index is -0.0999. The molecule has 0 amide bonds. The van der Waals surface area contributed by atoms with E-state index in [0.29, 0.717) is 46.8 Å². The van der Waals surface area contributed by atoms with Crippen LogP contribution in [0.4, 0.5) is 0 Å². The van der Waals surface area contributed by atoms with Gasteiger partial charge in [0, 0.05) is 6.42 Å². The van der Waals surface area contributed by atoms with Gasteiger partial charge < -0.3 is 9.84 Å². The van der Waals surface area contributed by atoms with Crippen molar-refractivity contribution in [1.82, 2.24) is 0 Å². The maximum Gasteiger partial charge on any atom is 0.305 e. The van der Waals surface area contributed by atoms with Crippen LogP contribution in [-0.2, 0) is 9.53 Å². The van der Waals surface area contributed by atoms with E-state index in [1.54, 1.807) is 0 Å². The number of aliphatic hydroxyl groups excluding tert-OH is 1. The van der Waals surface area contributed by atoms with Crippen LogP contribution < -0.4 is 0 Å². The number of aliphatic hydroxyl groups is 1. The zero-order valence-corrected chi connectivity index (χ0v) is 19.5. The highest BCUT2D eigenvalue weighted by Crippen LogP contribution is 2.68. The Hall–Kier alpha value is -0.570. The number of esters is 1. The molecule has 1 N–H and O–H groups in total. The molecule has 0 spiro atoms. The highest BCUT2D eigenvalue weighted by molar-refractivity contribution is 5.69. The quantitative estimate of drug-likeness (QED) is 0.599. The van der Waals surface area contributed by atoms with Crippen molar-refractivity contribution in [1.29, 1.82) is 0 Å². The third kappa shape index (κ3) is 3.48. The summed E-state index contributed by atoms with van der Waals surface area (Å²) in [5.41, 5.74) is 0.787. The lowest BCUT2D eigenvalue weighted by molar-refractivity contribution is -0.168. The standard InChI is InChI=1S/C26H44O3/c1-16-10-12-25(3)18(14-16)15-22(27)24-20-8-7-19(17(2)6-9-23(28)29-5)26(20,4)13-11-21(24)25/h16-22,24,27H,6-15H2,1-5H3/t16-,17-,18+,19?,20+,21+,22-,24+,25+,26-/m1/s1. The van der Waals surface area contributed by atoms with Gasteiger partial charge in [-0.1, -0.05) is 34.1 Å². The topological polar surface area (TPSA) is 46.5 Å². The van der Waals surface area contributed by atoms with E-state index in [0.717, 1.165) is 24.7 Å². The number of rotatable bonds is 4. The van der Waals surface area contributed by atoms with Crippen LogP contribution in [0, 0.1) is 52.3 Å². The Morgan fingerprint density at radius 2 is 1.76 bits per heavy atom. The van der Waals surface area contributed by atoms with Crippen LogP contribution in [0.15, 0.2) is 0 Å². The van der Waals surface area contributed by atoms with Crippen LogP contribution in [0.25, 0.3) is 0 Å². The van der Waals surface area contributed by atoms with Crippen LogP contribution in [0.5, 0.6) is 0 Å². The molecule has 0 radical (unpaired) electrons. The molecule has 1 unspecified atom stereocenters. The van der Waals surface area contributed by atoms with Gasteiger partial charge in [-0.05, 0) is 104 Å². The Kier molecular flexibility index (Phi) is 5.86. The van der Waals surface area contributed by atoms with Crippen molar-refractivity contribution < 1.29 is 14.6 Å². The summed E-state index contributed by atoms with van der Waals surface area (Å²) >= 11 is 0. The zero-order chi connectivity index (χ0) is 21.0. The maximum atomic E-state index is 11.7. The molecule has 4 aliphatic carbocycles. The monoisotopic (exact) mass is 404 g/mol. The van der Waals surface area contributed by atoms with E-state index in [9.17, 15) is 9.90 Å². The van der Waals surface area contributed by atoms with Crippen molar-refractivity contribution in [2.45, 2.75) is 98.0 Å². The van der Waals surface area contributed by atoms with Gasteiger partial charge in [0.2, 0.25) is 0 Å². The summed E-state index contributed by atoms with van der Waals surface area (Å²) in [5.74, 6) is 4.60. The van der Waals surface area contributed by atoms with E-state index in [1.807, 2.05) is 0 Å². The number of carbonyl (C=O) groups excluding carboxylic acids is 1. The third-order valence-corrected chi connectivity index (χ3v) is 10.7. The van der Waals surface area contributed by atoms with Crippen molar-refractivity contribution in [3.63, 3.8) is 0 Å². The lowest BCUT2D eigenvalue weighted by Crippen LogP contribution is -2.58. The van der Waals surface area contributed by atoms with E-state index in [1.165, 1.54) is 52.1 Å². The minimum absolute atomic E-state index is 0.0755. The molecule has 4 saturated carbocycles. The summed E-state index contributed by atoms with van der Waals surface area (Å²) in [4.78, 5) is 11.7. The molecular formula is C26H44O3. The van der Waals surface area contributed by atoms with Crippen molar-refractivity contribution >= 4 is 5.97 Å². The van der Waals surface area contributed by atoms with Gasteiger partial charge >= 0.3 is 5.97 Å². The largest absolute Gasteiger partial charge is 0.469 e. The second kappa shape index (κ2) is 7.84. The third-order valence-electron chi connectivity index (χ3n) is 10.7. The first kappa shape index (κ1) is 21.7. The predicted molar refractivity (Wildman–Crippen MR) is 116 cm³/mol. The summed E-state index contributed by atoms with van der Waals surface area (Å²) in [7, 11) is 1.49. The van der Waals surface area contributed by atoms with Gasteiger partial charge in [-0.25, -0.2) is 0 Å². The number of methoxy groups -OCH3 is 1. The fraction of sp³-hybridized carbons (Fsp3) is 0.962. The van der Waals surface area contributed by atoms with Crippen LogP contribution >= 0.6 is 0 Å². The zero-order valence-electron chi connectivity index (χ0n) is 19.5. The molecule has 0 heterocycles. The average Bonchev–Trinajstić information content (AvgIpc) is 3.04. The van der Waals surface area contributed by atoms with Crippen molar-refractivity contribution in [2.24, 2.45) is 52.3 Å². The van der Waals surface area contributed by atoms with Gasteiger partial charge in [0.25, 0.3) is 0 Å². The first-order chi connectivity index (χ1) is 13.7. The lowest BCUT2D eigenvalue weighted by Gasteiger charge is -2.62. The maximum absolute atomic E-state index is 11.7. The predicted octanol–water partition coefficient (Wildman–Crippen LogP) is 5.84. The molecule has 0 aliphatic heterocycles. The first-order valence-electron chi connectivity index (χ1n) is 12.5. The summed E-state index contributed by atoms with van der Waals surface area (Å²) < 4.78 is 4.88. The molecule has 0 aromatic rings. The summed E-state index contributed by atoms with van der Waals surface area (Å²) in [5, 5.41) is 11.4. The SMILES string of the molecule is COC(=O)CC[C@@H](C)C1CC[C@H]2[C@@H]3[C@H](O)C[C@@H]4C[C@H](C)CC[C@]4(C)[C@H]3CC[C@]12C. The Morgan fingerprint density at radius 3 is 2.48 bits per heavy atom. The van der Waals surface area contributed by atoms with E-state index in [4.69, 9.17) is 4.74 Å². The van der Waals surface area contributed by atoms with Crippen molar-refractivity contribution in [2.75, 3.05) is 7.11 Å². The average molecular weight is 405 g/mol. The van der Waals surface area contributed by atoms with Crippen molar-refractivity contribution in [3.8, 4) is 0 Å². The van der Waals surface area contributed by atoms with Crippen LogP contribution in [0.2, 0.25) is 0 Å². The van der Waals surface area contributed by atoms with Crippen LogP contribution in [0.3, 0.4) is 0 Å². The molecule has 0 bridgehead atoms. The molecule has 3 nitrogen and oxygen atoms in total. The molecule has 4 rings (SSSR count). The molecular weight excluding hydrogens is 360 g/mol. The molecule has 10 atom stereocenters. The van der Waals surface area contributed by atoms with E-state index >= 15 is 0 Å². The fourth-order valence-corrected chi connectivity index (χ4v) is 9.06. The first-order valence-corrected chi connectivity index (χ1v) is 12.5. The Morgan fingerprint density at radius 1 is 1.07 bits per heavy atom. The van der Waals surface area contributed by atoms with Gasteiger partial charge in [-0.15, -0.1) is 0 Å². The Balaban J connectivity index is 1.53. The van der Waals surface area contributed by atoms with E-state index in [2.05, 4.69) is 27.7 Å². The molecule has 29 heavy (non-hydrogen) atoms. The minimum Gasteiger partial charge on any atom is -0.469 e. The van der Waals surface area contributed by atoms with Crippen LogP contribution in [-0.4, -0.2) is 24.3 Å². The second-order valence-corrected chi connectivity index (χ2v) is 12.0. The van der Waals surface area contributed by atoms with E-state index < -0.39 is 0 Å². The van der Waals surface area contributed by atoms with Crippen LogP contribution in [0.1, 0.15) is 91.9 Å². The molecule has 4 aliphatic rings. The molecule has 0 aromatic carbocycles. The molecule has 0 saturated heterocycles. The lowest BCUT2D eigenvalue weighted by atomic mass is 9.43. The van der Waals surface area contributed by atoms with Gasteiger partial charge in [-0.2, -0.15) is 0 Å². The van der Waals surface area contributed by atoms with Gasteiger partial charge in [0.1, 0.15) is 0 Å².